The van der Waals surface area contributed by atoms with Gasteiger partial charge in [0, 0.05) is 29.5 Å². The van der Waals surface area contributed by atoms with Crippen molar-refractivity contribution in [3.8, 4) is 11.1 Å². The highest BCUT2D eigenvalue weighted by atomic mass is 32.2. The molecule has 0 aliphatic rings. The fourth-order valence-electron chi connectivity index (χ4n) is 3.24. The first-order valence-corrected chi connectivity index (χ1v) is 10.5. The predicted octanol–water partition coefficient (Wildman–Crippen LogP) is 4.07. The van der Waals surface area contributed by atoms with Gasteiger partial charge in [-0.15, -0.1) is 0 Å². The number of aromatic nitrogens is 4. The minimum atomic E-state index is -3.73. The quantitative estimate of drug-likeness (QED) is 0.460. The molecular weight excluding hydrogens is 402 g/mol. The van der Waals surface area contributed by atoms with Crippen LogP contribution in [0.4, 0.5) is 11.8 Å². The Labute approximate surface area is 171 Å². The van der Waals surface area contributed by atoms with Crippen molar-refractivity contribution in [2.75, 3.05) is 5.32 Å². The van der Waals surface area contributed by atoms with Crippen molar-refractivity contribution < 1.29 is 12.8 Å². The van der Waals surface area contributed by atoms with E-state index in [1.165, 1.54) is 16.4 Å². The lowest BCUT2D eigenvalue weighted by molar-refractivity contribution is 0.577. The van der Waals surface area contributed by atoms with E-state index in [9.17, 15) is 8.42 Å². The van der Waals surface area contributed by atoms with Gasteiger partial charge in [-0.05, 0) is 35.9 Å². The van der Waals surface area contributed by atoms with E-state index in [1.807, 2.05) is 12.1 Å². The number of benzene rings is 1. The standard InChI is InChI=1S/C21H15N5O3S/c27-30(28,16-4-2-1-3-5-16)26-10-7-17-18(13-22-14-19(17)26)15-6-8-23-20(12-15)25-21-24-9-11-29-21/h1-14H,(H,23,24,25). The second kappa shape index (κ2) is 7.12. The molecular formula is C21H15N5O3S. The van der Waals surface area contributed by atoms with E-state index in [-0.39, 0.29) is 4.90 Å². The maximum atomic E-state index is 13.1. The predicted molar refractivity (Wildman–Crippen MR) is 112 cm³/mol. The Balaban J connectivity index is 1.60. The molecule has 0 aliphatic heterocycles. The number of pyridine rings is 2. The van der Waals surface area contributed by atoms with Gasteiger partial charge in [0.05, 0.1) is 22.8 Å². The summed E-state index contributed by atoms with van der Waals surface area (Å²) in [4.78, 5) is 12.8. The lowest BCUT2D eigenvalue weighted by atomic mass is 10.1. The average Bonchev–Trinajstić information content (AvgIpc) is 3.44. The Kier molecular flexibility index (Phi) is 4.29. The first-order valence-electron chi connectivity index (χ1n) is 9.01. The summed E-state index contributed by atoms with van der Waals surface area (Å²) in [5.74, 6) is 0.545. The van der Waals surface area contributed by atoms with E-state index in [0.29, 0.717) is 17.3 Å². The van der Waals surface area contributed by atoms with Gasteiger partial charge in [0.2, 0.25) is 0 Å². The van der Waals surface area contributed by atoms with Gasteiger partial charge >= 0.3 is 0 Å². The number of rotatable bonds is 5. The average molecular weight is 417 g/mol. The van der Waals surface area contributed by atoms with Crippen molar-refractivity contribution in [1.82, 2.24) is 18.9 Å². The third-order valence-electron chi connectivity index (χ3n) is 4.62. The minimum Gasteiger partial charge on any atom is -0.432 e. The number of fused-ring (bicyclic) bond motifs is 1. The smallest absolute Gasteiger partial charge is 0.300 e. The van der Waals surface area contributed by atoms with Gasteiger partial charge in [-0.2, -0.15) is 0 Å². The summed E-state index contributed by atoms with van der Waals surface area (Å²) in [6.45, 7) is 0. The monoisotopic (exact) mass is 417 g/mol. The fourth-order valence-corrected chi connectivity index (χ4v) is 4.59. The van der Waals surface area contributed by atoms with Crippen LogP contribution >= 0.6 is 0 Å². The summed E-state index contributed by atoms with van der Waals surface area (Å²) < 4.78 is 32.6. The third-order valence-corrected chi connectivity index (χ3v) is 6.32. The van der Waals surface area contributed by atoms with Gasteiger partial charge < -0.3 is 4.42 Å². The summed E-state index contributed by atoms with van der Waals surface area (Å²) >= 11 is 0. The highest BCUT2D eigenvalue weighted by molar-refractivity contribution is 7.90. The zero-order chi connectivity index (χ0) is 20.6. The Bertz CT molecular complexity index is 1430. The van der Waals surface area contributed by atoms with Gasteiger partial charge in [0.25, 0.3) is 16.0 Å². The normalized spacial score (nSPS) is 11.6. The van der Waals surface area contributed by atoms with Gasteiger partial charge in [-0.1, -0.05) is 18.2 Å². The lowest BCUT2D eigenvalue weighted by Gasteiger charge is -2.09. The number of nitrogens with zero attached hydrogens (tertiary/aromatic N) is 4. The molecule has 0 saturated heterocycles. The van der Waals surface area contributed by atoms with Crippen LogP contribution in [0, 0.1) is 0 Å². The minimum absolute atomic E-state index is 0.217. The first kappa shape index (κ1) is 18.1. The number of oxazole rings is 1. The van der Waals surface area contributed by atoms with Crippen LogP contribution in [-0.4, -0.2) is 27.3 Å². The van der Waals surface area contributed by atoms with Crippen molar-refractivity contribution >= 4 is 32.8 Å². The molecule has 0 unspecified atom stereocenters. The summed E-state index contributed by atoms with van der Waals surface area (Å²) in [5.41, 5.74) is 2.11. The van der Waals surface area contributed by atoms with Crippen LogP contribution in [0.3, 0.4) is 0 Å². The van der Waals surface area contributed by atoms with E-state index in [1.54, 1.807) is 61.2 Å². The van der Waals surface area contributed by atoms with E-state index in [4.69, 9.17) is 4.42 Å². The topological polar surface area (TPSA) is 103 Å². The molecule has 5 aromatic rings. The SMILES string of the molecule is O=S(=O)(c1ccccc1)n1ccc2c(-c3ccnc(Nc4ncco4)c3)cncc21. The highest BCUT2D eigenvalue weighted by Crippen LogP contribution is 2.31. The zero-order valence-corrected chi connectivity index (χ0v) is 16.3. The Morgan fingerprint density at radius 2 is 1.83 bits per heavy atom. The van der Waals surface area contributed by atoms with Gasteiger partial charge in [-0.3, -0.25) is 10.3 Å². The van der Waals surface area contributed by atoms with Crippen molar-refractivity contribution in [2.45, 2.75) is 4.90 Å². The largest absolute Gasteiger partial charge is 0.432 e. The molecule has 8 nitrogen and oxygen atoms in total. The molecule has 0 fully saturated rings. The Morgan fingerprint density at radius 1 is 0.967 bits per heavy atom. The van der Waals surface area contributed by atoms with Crippen molar-refractivity contribution in [3.63, 3.8) is 0 Å². The number of anilines is 2. The van der Waals surface area contributed by atoms with Gasteiger partial charge in [0.1, 0.15) is 12.1 Å². The van der Waals surface area contributed by atoms with E-state index in [0.717, 1.165) is 16.5 Å². The second-order valence-electron chi connectivity index (χ2n) is 6.44. The summed E-state index contributed by atoms with van der Waals surface area (Å²) in [6, 6.07) is 14.1. The van der Waals surface area contributed by atoms with Crippen LogP contribution in [0.15, 0.2) is 95.1 Å². The molecule has 0 amide bonds. The summed E-state index contributed by atoms with van der Waals surface area (Å²) in [7, 11) is -3.73. The first-order chi connectivity index (χ1) is 14.6. The van der Waals surface area contributed by atoms with Crippen LogP contribution in [0.2, 0.25) is 0 Å². The number of nitrogens with one attached hydrogen (secondary N) is 1. The Hall–Kier alpha value is -3.98. The van der Waals surface area contributed by atoms with E-state index < -0.39 is 10.0 Å². The molecule has 0 spiro atoms. The van der Waals surface area contributed by atoms with E-state index in [2.05, 4.69) is 20.3 Å². The molecule has 148 valence electrons. The van der Waals surface area contributed by atoms with Crippen molar-refractivity contribution in [3.05, 3.63) is 85.8 Å². The molecule has 4 heterocycles. The molecule has 9 heteroatoms. The second-order valence-corrected chi connectivity index (χ2v) is 8.26. The molecule has 0 radical (unpaired) electrons. The molecule has 5 rings (SSSR count). The third kappa shape index (κ3) is 3.11. The number of hydrogen-bond donors (Lipinski definition) is 1. The maximum Gasteiger partial charge on any atom is 0.300 e. The molecule has 1 aromatic carbocycles. The van der Waals surface area contributed by atoms with Crippen LogP contribution in [0.25, 0.3) is 22.0 Å². The van der Waals surface area contributed by atoms with Crippen LogP contribution in [0.5, 0.6) is 0 Å². The van der Waals surface area contributed by atoms with Crippen LogP contribution in [0.1, 0.15) is 0 Å². The van der Waals surface area contributed by atoms with Crippen LogP contribution < -0.4 is 5.32 Å². The summed E-state index contributed by atoms with van der Waals surface area (Å²) in [5, 5.41) is 3.74. The molecule has 0 bridgehead atoms. The summed E-state index contributed by atoms with van der Waals surface area (Å²) in [6.07, 6.45) is 9.44. The van der Waals surface area contributed by atoms with Gasteiger partial charge in [0.15, 0.2) is 0 Å². The maximum absolute atomic E-state index is 13.1. The number of hydrogen-bond acceptors (Lipinski definition) is 7. The molecule has 30 heavy (non-hydrogen) atoms. The molecule has 0 atom stereocenters. The molecule has 0 aliphatic carbocycles. The van der Waals surface area contributed by atoms with Crippen LogP contribution in [-0.2, 0) is 10.0 Å². The molecule has 4 aromatic heterocycles. The van der Waals surface area contributed by atoms with Crippen molar-refractivity contribution in [1.29, 1.82) is 0 Å². The zero-order valence-electron chi connectivity index (χ0n) is 15.5. The van der Waals surface area contributed by atoms with E-state index >= 15 is 0 Å². The fraction of sp³-hybridized carbons (Fsp3) is 0. The lowest BCUT2D eigenvalue weighted by Crippen LogP contribution is -2.11. The molecule has 1 N–H and O–H groups in total. The van der Waals surface area contributed by atoms with Crippen molar-refractivity contribution in [2.24, 2.45) is 0 Å². The Morgan fingerprint density at radius 3 is 2.63 bits per heavy atom. The van der Waals surface area contributed by atoms with Gasteiger partial charge in [-0.25, -0.2) is 22.4 Å². The highest BCUT2D eigenvalue weighted by Gasteiger charge is 2.20. The molecule has 0 saturated carbocycles.